The maximum absolute atomic E-state index is 13.3. The van der Waals surface area contributed by atoms with Gasteiger partial charge in [0.2, 0.25) is 11.8 Å². The van der Waals surface area contributed by atoms with Crippen LogP contribution in [0, 0.1) is 0 Å². The van der Waals surface area contributed by atoms with Crippen molar-refractivity contribution in [2.45, 2.75) is 38.4 Å². The summed E-state index contributed by atoms with van der Waals surface area (Å²) in [5.41, 5.74) is 0.825. The first-order valence-electron chi connectivity index (χ1n) is 9.25. The summed E-state index contributed by atoms with van der Waals surface area (Å²) in [6.07, 6.45) is -2.39. The van der Waals surface area contributed by atoms with Crippen LogP contribution in [0.2, 0.25) is 0 Å². The van der Waals surface area contributed by atoms with Gasteiger partial charge in [-0.05, 0) is 42.2 Å². The number of oxazole rings is 1. The van der Waals surface area contributed by atoms with E-state index in [1.807, 2.05) is 6.92 Å². The highest BCUT2D eigenvalue weighted by Crippen LogP contribution is 2.38. The van der Waals surface area contributed by atoms with Crippen LogP contribution in [0.5, 0.6) is 0 Å². The molecule has 28 heavy (non-hydrogen) atoms. The van der Waals surface area contributed by atoms with Gasteiger partial charge in [0.15, 0.2) is 5.58 Å². The number of amides is 1. The zero-order valence-corrected chi connectivity index (χ0v) is 15.3. The standard InChI is InChI=1S/C21H19F3N2O2/c1-2-19(27)26-11-5-8-17(26)20-25-16-12-13(9-10-18(16)28-20)14-6-3-4-7-15(14)21(22,23)24/h3-4,6-7,9-10,12,17H,2,5,8,11H2,1H3/t17-/m1/s1. The van der Waals surface area contributed by atoms with Gasteiger partial charge in [0.25, 0.3) is 0 Å². The van der Waals surface area contributed by atoms with Crippen molar-refractivity contribution in [2.24, 2.45) is 0 Å². The van der Waals surface area contributed by atoms with Crippen LogP contribution >= 0.6 is 0 Å². The van der Waals surface area contributed by atoms with Crippen LogP contribution in [-0.4, -0.2) is 22.3 Å². The summed E-state index contributed by atoms with van der Waals surface area (Å²) >= 11 is 0. The van der Waals surface area contributed by atoms with Gasteiger partial charge in [-0.1, -0.05) is 31.2 Å². The fraction of sp³-hybridized carbons (Fsp3) is 0.333. The third-order valence-electron chi connectivity index (χ3n) is 5.11. The molecule has 1 saturated heterocycles. The molecule has 4 rings (SSSR count). The Morgan fingerprint density at radius 3 is 2.79 bits per heavy atom. The minimum absolute atomic E-state index is 0.0459. The van der Waals surface area contributed by atoms with Gasteiger partial charge in [-0.3, -0.25) is 4.79 Å². The second-order valence-corrected chi connectivity index (χ2v) is 6.88. The lowest BCUT2D eigenvalue weighted by molar-refractivity contribution is -0.137. The van der Waals surface area contributed by atoms with Crippen LogP contribution < -0.4 is 0 Å². The largest absolute Gasteiger partial charge is 0.438 e. The average molecular weight is 388 g/mol. The van der Waals surface area contributed by atoms with E-state index in [0.29, 0.717) is 35.5 Å². The van der Waals surface area contributed by atoms with Crippen molar-refractivity contribution in [3.8, 4) is 11.1 Å². The fourth-order valence-corrected chi connectivity index (χ4v) is 3.76. The monoisotopic (exact) mass is 388 g/mol. The summed E-state index contributed by atoms with van der Waals surface area (Å²) in [6, 6.07) is 10.1. The van der Waals surface area contributed by atoms with Gasteiger partial charge < -0.3 is 9.32 Å². The number of halogens is 3. The SMILES string of the molecule is CCC(=O)N1CCC[C@@H]1c1nc2cc(-c3ccccc3C(F)(F)F)ccc2o1. The minimum atomic E-state index is -4.44. The number of hydrogen-bond acceptors (Lipinski definition) is 3. The number of fused-ring (bicyclic) bond motifs is 1. The zero-order chi connectivity index (χ0) is 19.9. The van der Waals surface area contributed by atoms with E-state index >= 15 is 0 Å². The summed E-state index contributed by atoms with van der Waals surface area (Å²) in [5, 5.41) is 0. The number of carbonyl (C=O) groups excluding carboxylic acids is 1. The van der Waals surface area contributed by atoms with E-state index in [2.05, 4.69) is 4.98 Å². The molecule has 4 nitrogen and oxygen atoms in total. The molecule has 1 aliphatic heterocycles. The smallest absolute Gasteiger partial charge is 0.417 e. The molecule has 0 aliphatic carbocycles. The van der Waals surface area contributed by atoms with Crippen molar-refractivity contribution >= 4 is 17.0 Å². The number of benzene rings is 2. The number of aromatic nitrogens is 1. The molecule has 0 N–H and O–H groups in total. The Morgan fingerprint density at radius 1 is 1.25 bits per heavy atom. The lowest BCUT2D eigenvalue weighted by Gasteiger charge is -2.21. The second-order valence-electron chi connectivity index (χ2n) is 6.88. The highest BCUT2D eigenvalue weighted by molar-refractivity contribution is 5.82. The van der Waals surface area contributed by atoms with Crippen LogP contribution in [0.1, 0.15) is 43.7 Å². The molecular formula is C21H19F3N2O2. The van der Waals surface area contributed by atoms with Crippen molar-refractivity contribution in [1.82, 2.24) is 9.88 Å². The minimum Gasteiger partial charge on any atom is -0.438 e. The van der Waals surface area contributed by atoms with Gasteiger partial charge in [0, 0.05) is 13.0 Å². The van der Waals surface area contributed by atoms with Gasteiger partial charge >= 0.3 is 6.18 Å². The van der Waals surface area contributed by atoms with Crippen molar-refractivity contribution < 1.29 is 22.4 Å². The van der Waals surface area contributed by atoms with Gasteiger partial charge in [-0.2, -0.15) is 13.2 Å². The molecule has 0 spiro atoms. The van der Waals surface area contributed by atoms with Crippen LogP contribution in [0.15, 0.2) is 46.9 Å². The third kappa shape index (κ3) is 3.25. The average Bonchev–Trinajstić information content (AvgIpc) is 3.32. The molecule has 2 heterocycles. The van der Waals surface area contributed by atoms with Crippen LogP contribution in [0.4, 0.5) is 13.2 Å². The van der Waals surface area contributed by atoms with Gasteiger partial charge in [-0.15, -0.1) is 0 Å². The molecule has 1 amide bonds. The van der Waals surface area contributed by atoms with Gasteiger partial charge in [0.1, 0.15) is 11.6 Å². The Morgan fingerprint density at radius 2 is 2.04 bits per heavy atom. The fourth-order valence-electron chi connectivity index (χ4n) is 3.76. The third-order valence-corrected chi connectivity index (χ3v) is 5.11. The Kier molecular flexibility index (Phi) is 4.61. The number of alkyl halides is 3. The maximum Gasteiger partial charge on any atom is 0.417 e. The van der Waals surface area contributed by atoms with Gasteiger partial charge in [-0.25, -0.2) is 4.98 Å². The Labute approximate surface area is 160 Å². The molecule has 146 valence electrons. The first kappa shape index (κ1) is 18.5. The van der Waals surface area contributed by atoms with E-state index in [4.69, 9.17) is 4.42 Å². The molecule has 0 saturated carbocycles. The summed E-state index contributed by atoms with van der Waals surface area (Å²) < 4.78 is 45.8. The van der Waals surface area contributed by atoms with E-state index in [0.717, 1.165) is 18.9 Å². The highest BCUT2D eigenvalue weighted by Gasteiger charge is 2.34. The maximum atomic E-state index is 13.3. The van der Waals surface area contributed by atoms with E-state index in [-0.39, 0.29) is 17.5 Å². The predicted molar refractivity (Wildman–Crippen MR) is 98.4 cm³/mol. The number of likely N-dealkylation sites (tertiary alicyclic amines) is 1. The van der Waals surface area contributed by atoms with Gasteiger partial charge in [0.05, 0.1) is 5.56 Å². The Balaban J connectivity index is 1.73. The number of rotatable bonds is 3. The Bertz CT molecular complexity index is 1030. The number of nitrogens with zero attached hydrogens (tertiary/aromatic N) is 2. The first-order chi connectivity index (χ1) is 13.4. The summed E-state index contributed by atoms with van der Waals surface area (Å²) in [4.78, 5) is 18.4. The van der Waals surface area contributed by atoms with Crippen LogP contribution in [0.3, 0.4) is 0 Å². The predicted octanol–water partition coefficient (Wildman–Crippen LogP) is 5.59. The van der Waals surface area contributed by atoms with Crippen molar-refractivity contribution in [3.05, 3.63) is 53.9 Å². The quantitative estimate of drug-likeness (QED) is 0.588. The molecule has 1 aliphatic rings. The molecule has 2 aromatic carbocycles. The summed E-state index contributed by atoms with van der Waals surface area (Å²) in [6.45, 7) is 2.48. The van der Waals surface area contributed by atoms with Crippen LogP contribution in [0.25, 0.3) is 22.2 Å². The topological polar surface area (TPSA) is 46.3 Å². The molecule has 7 heteroatoms. The second kappa shape index (κ2) is 6.96. The highest BCUT2D eigenvalue weighted by atomic mass is 19.4. The molecule has 1 aromatic heterocycles. The van der Waals surface area contributed by atoms with Crippen molar-refractivity contribution in [2.75, 3.05) is 6.54 Å². The molecule has 0 radical (unpaired) electrons. The molecule has 1 atom stereocenters. The van der Waals surface area contributed by atoms with Crippen molar-refractivity contribution in [1.29, 1.82) is 0 Å². The molecular weight excluding hydrogens is 369 g/mol. The van der Waals surface area contributed by atoms with E-state index in [9.17, 15) is 18.0 Å². The number of carbonyl (C=O) groups is 1. The molecule has 0 bridgehead atoms. The zero-order valence-electron chi connectivity index (χ0n) is 15.3. The lowest BCUT2D eigenvalue weighted by atomic mass is 9.99. The molecule has 3 aromatic rings. The van der Waals surface area contributed by atoms with Crippen LogP contribution in [-0.2, 0) is 11.0 Å². The molecule has 1 fully saturated rings. The summed E-state index contributed by atoms with van der Waals surface area (Å²) in [5.74, 6) is 0.486. The summed E-state index contributed by atoms with van der Waals surface area (Å²) in [7, 11) is 0. The van der Waals surface area contributed by atoms with E-state index in [1.54, 1.807) is 29.2 Å². The Hall–Kier alpha value is -2.83. The van der Waals surface area contributed by atoms with E-state index < -0.39 is 11.7 Å². The number of hydrogen-bond donors (Lipinski definition) is 0. The van der Waals surface area contributed by atoms with Crippen molar-refractivity contribution in [3.63, 3.8) is 0 Å². The lowest BCUT2D eigenvalue weighted by Crippen LogP contribution is -2.29. The molecule has 0 unspecified atom stereocenters. The normalized spacial score (nSPS) is 17.4. The van der Waals surface area contributed by atoms with E-state index in [1.165, 1.54) is 12.1 Å². The first-order valence-corrected chi connectivity index (χ1v) is 9.25.